The maximum Gasteiger partial charge on any atom is 0.339 e. The van der Waals surface area contributed by atoms with Crippen molar-refractivity contribution >= 4 is 73.8 Å². The van der Waals surface area contributed by atoms with Crippen LogP contribution in [0.1, 0.15) is 22.3 Å². The van der Waals surface area contributed by atoms with Crippen LogP contribution in [0.5, 0.6) is 5.75 Å². The summed E-state index contributed by atoms with van der Waals surface area (Å²) in [4.78, 5) is 37.8. The number of benzene rings is 2. The van der Waals surface area contributed by atoms with Gasteiger partial charge in [-0.25, -0.2) is 4.79 Å². The molecule has 1 fully saturated rings. The molecule has 0 aromatic heterocycles. The summed E-state index contributed by atoms with van der Waals surface area (Å²) in [6.45, 7) is 0.0934. The number of carbonyl (C=O) groups is 3. The molecular formula is C20H15BrN2O5S2. The minimum atomic E-state index is -1.31. The summed E-state index contributed by atoms with van der Waals surface area (Å²) in [6.07, 6.45) is 1.72. The summed E-state index contributed by atoms with van der Waals surface area (Å²) < 4.78 is 1.26. The van der Waals surface area contributed by atoms with Crippen molar-refractivity contribution in [1.29, 1.82) is 0 Å². The molecule has 7 nitrogen and oxygen atoms in total. The summed E-state index contributed by atoms with van der Waals surface area (Å²) in [5, 5.41) is 21.1. The maximum absolute atomic E-state index is 12.6. The van der Waals surface area contributed by atoms with E-state index in [0.717, 1.165) is 16.1 Å². The fourth-order valence-electron chi connectivity index (χ4n) is 2.66. The third-order valence-electron chi connectivity index (χ3n) is 4.09. The van der Waals surface area contributed by atoms with Gasteiger partial charge in [-0.15, -0.1) is 0 Å². The van der Waals surface area contributed by atoms with Crippen LogP contribution in [0.15, 0.2) is 51.8 Å². The number of carboxylic acid groups (broad SMARTS) is 1. The number of hydrogen-bond donors (Lipinski definition) is 3. The summed E-state index contributed by atoms with van der Waals surface area (Å²) >= 11 is 9.83. The number of halogens is 1. The Bertz CT molecular complexity index is 1090. The number of hydrogen-bond acceptors (Lipinski definition) is 6. The number of carbonyl (C=O) groups excluding carboxylic acids is 2. The number of nitrogens with zero attached hydrogens (tertiary/aromatic N) is 1. The Morgan fingerprint density at radius 1 is 1.23 bits per heavy atom. The SMILES string of the molecule is O=C(CCN1C(=O)/C(=C/c2cccc(Br)c2)SC1=S)Nc1ccc(O)c(C(=O)O)c1. The molecule has 1 aliphatic heterocycles. The summed E-state index contributed by atoms with van der Waals surface area (Å²) in [7, 11) is 0. The first-order valence-electron chi connectivity index (χ1n) is 8.61. The van der Waals surface area contributed by atoms with Crippen LogP contribution in [0.3, 0.4) is 0 Å². The number of rotatable bonds is 6. The minimum absolute atomic E-state index is 0.0279. The van der Waals surface area contributed by atoms with E-state index in [2.05, 4.69) is 21.2 Å². The molecule has 0 spiro atoms. The van der Waals surface area contributed by atoms with Gasteiger partial charge in [0.2, 0.25) is 5.91 Å². The average Bonchev–Trinajstić information content (AvgIpc) is 2.94. The third kappa shape index (κ3) is 5.26. The van der Waals surface area contributed by atoms with Crippen LogP contribution in [0.2, 0.25) is 0 Å². The van der Waals surface area contributed by atoms with Gasteiger partial charge in [-0.1, -0.05) is 52.0 Å². The van der Waals surface area contributed by atoms with Crippen molar-refractivity contribution in [3.8, 4) is 5.75 Å². The molecule has 2 aromatic carbocycles. The smallest absolute Gasteiger partial charge is 0.339 e. The zero-order valence-corrected chi connectivity index (χ0v) is 18.5. The van der Waals surface area contributed by atoms with E-state index in [0.29, 0.717) is 9.23 Å². The molecule has 0 bridgehead atoms. The highest BCUT2D eigenvalue weighted by Crippen LogP contribution is 2.33. The van der Waals surface area contributed by atoms with E-state index in [4.69, 9.17) is 17.3 Å². The van der Waals surface area contributed by atoms with Gasteiger partial charge in [-0.3, -0.25) is 14.5 Å². The van der Waals surface area contributed by atoms with Gasteiger partial charge in [0.05, 0.1) is 4.91 Å². The number of anilines is 1. The quantitative estimate of drug-likeness (QED) is 0.307. The highest BCUT2D eigenvalue weighted by atomic mass is 79.9. The number of aromatic hydroxyl groups is 1. The monoisotopic (exact) mass is 506 g/mol. The lowest BCUT2D eigenvalue weighted by molar-refractivity contribution is -0.122. The largest absolute Gasteiger partial charge is 0.507 e. The van der Waals surface area contributed by atoms with Crippen molar-refractivity contribution in [3.05, 3.63) is 63.0 Å². The predicted octanol–water partition coefficient (Wildman–Crippen LogP) is 4.08. The molecule has 3 N–H and O–H groups in total. The normalized spacial score (nSPS) is 15.0. The second-order valence-corrected chi connectivity index (χ2v) is 8.82. The van der Waals surface area contributed by atoms with Crippen LogP contribution in [-0.4, -0.2) is 43.8 Å². The molecule has 154 valence electrons. The number of carboxylic acids is 1. The van der Waals surface area contributed by atoms with Crippen LogP contribution in [0.4, 0.5) is 5.69 Å². The van der Waals surface area contributed by atoms with Gasteiger partial charge in [-0.2, -0.15) is 0 Å². The predicted molar refractivity (Wildman–Crippen MR) is 122 cm³/mol. The number of phenols is 1. The number of thiocarbonyl (C=S) groups is 1. The average molecular weight is 507 g/mol. The molecule has 2 amide bonds. The molecule has 0 aliphatic carbocycles. The van der Waals surface area contributed by atoms with Crippen molar-refractivity contribution in [2.75, 3.05) is 11.9 Å². The highest BCUT2D eigenvalue weighted by Gasteiger charge is 2.32. The van der Waals surface area contributed by atoms with Crippen LogP contribution >= 0.6 is 39.9 Å². The van der Waals surface area contributed by atoms with Crippen LogP contribution in [0.25, 0.3) is 6.08 Å². The minimum Gasteiger partial charge on any atom is -0.507 e. The Balaban J connectivity index is 1.62. The van der Waals surface area contributed by atoms with E-state index in [-0.39, 0.29) is 30.1 Å². The Kier molecular flexibility index (Phi) is 6.91. The first-order chi connectivity index (χ1) is 14.2. The van der Waals surface area contributed by atoms with Crippen LogP contribution < -0.4 is 5.32 Å². The number of nitrogens with one attached hydrogen (secondary N) is 1. The first-order valence-corrected chi connectivity index (χ1v) is 10.6. The van der Waals surface area contributed by atoms with Gasteiger partial charge in [0.25, 0.3) is 5.91 Å². The van der Waals surface area contributed by atoms with Gasteiger partial charge >= 0.3 is 5.97 Å². The maximum atomic E-state index is 12.6. The molecule has 3 rings (SSSR count). The lowest BCUT2D eigenvalue weighted by Crippen LogP contribution is -2.31. The van der Waals surface area contributed by atoms with Gasteiger partial charge in [0, 0.05) is 23.1 Å². The summed E-state index contributed by atoms with van der Waals surface area (Å²) in [5.74, 6) is -2.38. The lowest BCUT2D eigenvalue weighted by atomic mass is 10.1. The van der Waals surface area contributed by atoms with Crippen molar-refractivity contribution in [2.45, 2.75) is 6.42 Å². The molecule has 0 radical (unpaired) electrons. The van der Waals surface area contributed by atoms with Gasteiger partial charge in [0.1, 0.15) is 15.6 Å². The Morgan fingerprint density at radius 3 is 2.70 bits per heavy atom. The number of amides is 2. The van der Waals surface area contributed by atoms with E-state index in [1.165, 1.54) is 28.8 Å². The van der Waals surface area contributed by atoms with E-state index in [1.54, 1.807) is 6.08 Å². The molecule has 0 unspecified atom stereocenters. The van der Waals surface area contributed by atoms with Crippen LogP contribution in [0, 0.1) is 0 Å². The zero-order chi connectivity index (χ0) is 21.8. The Hall–Kier alpha value is -2.69. The van der Waals surface area contributed by atoms with Crippen molar-refractivity contribution in [3.63, 3.8) is 0 Å². The molecule has 30 heavy (non-hydrogen) atoms. The molecular weight excluding hydrogens is 492 g/mol. The molecule has 1 saturated heterocycles. The van der Waals surface area contributed by atoms with Gasteiger partial charge < -0.3 is 15.5 Å². The molecule has 2 aromatic rings. The Morgan fingerprint density at radius 2 is 2.00 bits per heavy atom. The van der Waals surface area contributed by atoms with Gasteiger partial charge in [0.15, 0.2) is 0 Å². The fraction of sp³-hybridized carbons (Fsp3) is 0.100. The summed E-state index contributed by atoms with van der Waals surface area (Å²) in [5.41, 5.74) is 0.766. The third-order valence-corrected chi connectivity index (χ3v) is 5.96. The second kappa shape index (κ2) is 9.41. The van der Waals surface area contributed by atoms with E-state index in [9.17, 15) is 19.5 Å². The van der Waals surface area contributed by atoms with Crippen LogP contribution in [-0.2, 0) is 9.59 Å². The van der Waals surface area contributed by atoms with Crippen molar-refractivity contribution in [2.24, 2.45) is 0 Å². The molecule has 0 saturated carbocycles. The molecule has 1 aliphatic rings. The lowest BCUT2D eigenvalue weighted by Gasteiger charge is -2.14. The number of aromatic carboxylic acids is 1. The fourth-order valence-corrected chi connectivity index (χ4v) is 4.39. The van der Waals surface area contributed by atoms with Gasteiger partial charge in [-0.05, 0) is 42.0 Å². The van der Waals surface area contributed by atoms with E-state index < -0.39 is 17.6 Å². The zero-order valence-electron chi connectivity index (χ0n) is 15.3. The summed E-state index contributed by atoms with van der Waals surface area (Å²) in [6, 6.07) is 11.2. The molecule has 0 atom stereocenters. The highest BCUT2D eigenvalue weighted by molar-refractivity contribution is 9.10. The number of thioether (sulfide) groups is 1. The first kappa shape index (κ1) is 22.0. The standard InChI is InChI=1S/C20H15BrN2O5S2/c21-12-3-1-2-11(8-12)9-16-18(26)23(20(29)30-16)7-6-17(25)22-13-4-5-15(24)14(10-13)19(27)28/h1-5,8-10,24H,6-7H2,(H,22,25)(H,27,28)/b16-9-. The van der Waals surface area contributed by atoms with E-state index >= 15 is 0 Å². The van der Waals surface area contributed by atoms with Crippen molar-refractivity contribution < 1.29 is 24.6 Å². The topological polar surface area (TPSA) is 107 Å². The second-order valence-electron chi connectivity index (χ2n) is 6.22. The Labute approximate surface area is 189 Å². The van der Waals surface area contributed by atoms with Crippen molar-refractivity contribution in [1.82, 2.24) is 4.90 Å². The van der Waals surface area contributed by atoms with E-state index in [1.807, 2.05) is 24.3 Å². The molecule has 10 heteroatoms. The molecule has 1 heterocycles.